The molecule has 0 aliphatic rings. The van der Waals surface area contributed by atoms with Gasteiger partial charge in [0.2, 0.25) is 6.20 Å². The van der Waals surface area contributed by atoms with Gasteiger partial charge in [0.05, 0.1) is 4.92 Å². The van der Waals surface area contributed by atoms with Crippen LogP contribution in [0.5, 0.6) is 5.75 Å². The molecule has 6 heteroatoms. The van der Waals surface area contributed by atoms with Crippen LogP contribution in [0.3, 0.4) is 0 Å². The lowest BCUT2D eigenvalue weighted by atomic mass is 10.2. The lowest BCUT2D eigenvalue weighted by Gasteiger charge is -1.98. The topological polar surface area (TPSA) is 67.2 Å². The van der Waals surface area contributed by atoms with Crippen molar-refractivity contribution in [3.63, 3.8) is 0 Å². The Morgan fingerprint density at radius 2 is 1.89 bits per heavy atom. The molecular formula is C12H11ClN2O3. The third-order valence-electron chi connectivity index (χ3n) is 2.35. The average molecular weight is 267 g/mol. The van der Waals surface area contributed by atoms with Crippen LogP contribution in [0.15, 0.2) is 48.8 Å². The summed E-state index contributed by atoms with van der Waals surface area (Å²) in [5.41, 5.74) is 1.01. The van der Waals surface area contributed by atoms with E-state index in [1.165, 1.54) is 12.1 Å². The van der Waals surface area contributed by atoms with Crippen LogP contribution in [-0.2, 0) is 6.54 Å². The van der Waals surface area contributed by atoms with Crippen molar-refractivity contribution in [1.29, 1.82) is 0 Å². The molecule has 0 radical (unpaired) electrons. The predicted octanol–water partition coefficient (Wildman–Crippen LogP) is -1.36. The number of nitro groups is 1. The summed E-state index contributed by atoms with van der Waals surface area (Å²) in [6, 6.07) is 9.68. The fourth-order valence-electron chi connectivity index (χ4n) is 1.54. The summed E-state index contributed by atoms with van der Waals surface area (Å²) in [6.45, 7) is 0.562. The Morgan fingerprint density at radius 1 is 1.22 bits per heavy atom. The molecule has 0 atom stereocenters. The van der Waals surface area contributed by atoms with E-state index in [-0.39, 0.29) is 23.8 Å². The predicted molar refractivity (Wildman–Crippen MR) is 60.5 cm³/mol. The van der Waals surface area contributed by atoms with Gasteiger partial charge in [-0.1, -0.05) is 0 Å². The molecule has 5 nitrogen and oxygen atoms in total. The van der Waals surface area contributed by atoms with Crippen molar-refractivity contribution in [2.45, 2.75) is 6.54 Å². The van der Waals surface area contributed by atoms with Crippen LogP contribution in [0, 0.1) is 10.1 Å². The van der Waals surface area contributed by atoms with Crippen LogP contribution < -0.4 is 17.0 Å². The van der Waals surface area contributed by atoms with Gasteiger partial charge in [-0.3, -0.25) is 10.1 Å². The van der Waals surface area contributed by atoms with E-state index in [0.717, 1.165) is 5.56 Å². The molecular weight excluding hydrogens is 256 g/mol. The van der Waals surface area contributed by atoms with Crippen molar-refractivity contribution in [3.8, 4) is 5.75 Å². The van der Waals surface area contributed by atoms with E-state index in [2.05, 4.69) is 0 Å². The number of rotatable bonds is 3. The molecule has 0 aliphatic carbocycles. The van der Waals surface area contributed by atoms with Crippen LogP contribution >= 0.6 is 0 Å². The number of nitro benzene ring substituents is 1. The fraction of sp³-hybridized carbons (Fsp3) is 0.0833. The smallest absolute Gasteiger partial charge is 0.269 e. The first kappa shape index (κ1) is 13.9. The van der Waals surface area contributed by atoms with Gasteiger partial charge >= 0.3 is 0 Å². The van der Waals surface area contributed by atoms with Gasteiger partial charge in [-0.2, -0.15) is 4.57 Å². The molecule has 1 aromatic carbocycles. The fourth-order valence-corrected chi connectivity index (χ4v) is 1.54. The van der Waals surface area contributed by atoms with Gasteiger partial charge in [0.1, 0.15) is 0 Å². The molecule has 0 fully saturated rings. The zero-order valence-electron chi connectivity index (χ0n) is 9.36. The normalized spacial score (nSPS) is 9.56. The van der Waals surface area contributed by atoms with Gasteiger partial charge in [-0.15, -0.1) is 0 Å². The minimum absolute atomic E-state index is 0. The van der Waals surface area contributed by atoms with Gasteiger partial charge in [0.25, 0.3) is 5.69 Å². The molecule has 18 heavy (non-hydrogen) atoms. The zero-order valence-corrected chi connectivity index (χ0v) is 10.1. The van der Waals surface area contributed by atoms with Crippen LogP contribution in [0.25, 0.3) is 0 Å². The highest BCUT2D eigenvalue weighted by molar-refractivity contribution is 5.32. The second-order valence-electron chi connectivity index (χ2n) is 3.66. The largest absolute Gasteiger partial charge is 1.00 e. The maximum Gasteiger partial charge on any atom is 0.269 e. The highest BCUT2D eigenvalue weighted by Crippen LogP contribution is 2.11. The molecule has 1 aromatic heterocycles. The molecule has 1 N–H and O–H groups in total. The number of hydrogen-bond acceptors (Lipinski definition) is 3. The van der Waals surface area contributed by atoms with Crippen molar-refractivity contribution < 1.29 is 27.0 Å². The Kier molecular flexibility index (Phi) is 4.62. The zero-order chi connectivity index (χ0) is 12.3. The van der Waals surface area contributed by atoms with E-state index >= 15 is 0 Å². The SMILES string of the molecule is O=[N+]([O-])c1ccc(C[n+]2cccc(O)c2)cc1.[Cl-]. The van der Waals surface area contributed by atoms with Gasteiger partial charge in [-0.25, -0.2) is 0 Å². The Bertz CT molecular complexity index is 543. The van der Waals surface area contributed by atoms with E-state index in [4.69, 9.17) is 0 Å². The van der Waals surface area contributed by atoms with Gasteiger partial charge in [0, 0.05) is 23.8 Å². The molecule has 0 unspecified atom stereocenters. The number of hydrogen-bond donors (Lipinski definition) is 1. The summed E-state index contributed by atoms with van der Waals surface area (Å²) in [5, 5.41) is 19.8. The third kappa shape index (κ3) is 3.43. The van der Waals surface area contributed by atoms with Crippen molar-refractivity contribution >= 4 is 5.69 Å². The number of nitrogens with zero attached hydrogens (tertiary/aromatic N) is 2. The van der Waals surface area contributed by atoms with E-state index in [1.54, 1.807) is 35.0 Å². The number of aromatic hydroxyl groups is 1. The van der Waals surface area contributed by atoms with Gasteiger partial charge in [0.15, 0.2) is 18.5 Å². The molecule has 0 saturated carbocycles. The summed E-state index contributed by atoms with van der Waals surface area (Å²) in [6.07, 6.45) is 3.42. The quantitative estimate of drug-likeness (QED) is 0.424. The Balaban J connectivity index is 0.00000162. The van der Waals surface area contributed by atoms with Crippen LogP contribution in [0.1, 0.15) is 5.56 Å². The first-order chi connectivity index (χ1) is 8.15. The monoisotopic (exact) mass is 266 g/mol. The van der Waals surface area contributed by atoms with Crippen molar-refractivity contribution in [1.82, 2.24) is 0 Å². The molecule has 94 valence electrons. The second-order valence-corrected chi connectivity index (χ2v) is 3.66. The molecule has 0 aliphatic heterocycles. The van der Waals surface area contributed by atoms with Gasteiger partial charge in [-0.05, 0) is 18.2 Å². The molecule has 1 heterocycles. The van der Waals surface area contributed by atoms with E-state index in [9.17, 15) is 15.2 Å². The maximum absolute atomic E-state index is 10.5. The van der Waals surface area contributed by atoms with Crippen LogP contribution in [0.2, 0.25) is 0 Å². The lowest BCUT2D eigenvalue weighted by molar-refractivity contribution is -0.688. The van der Waals surface area contributed by atoms with Crippen LogP contribution in [-0.4, -0.2) is 10.0 Å². The third-order valence-corrected chi connectivity index (χ3v) is 2.35. The summed E-state index contributed by atoms with van der Waals surface area (Å²) < 4.78 is 1.80. The summed E-state index contributed by atoms with van der Waals surface area (Å²) >= 11 is 0. The highest BCUT2D eigenvalue weighted by Gasteiger charge is 2.07. The van der Waals surface area contributed by atoms with E-state index in [1.807, 2.05) is 6.20 Å². The minimum Gasteiger partial charge on any atom is -1.00 e. The molecule has 2 aromatic rings. The van der Waals surface area contributed by atoms with Gasteiger partial charge < -0.3 is 17.5 Å². The number of aromatic nitrogens is 1. The highest BCUT2D eigenvalue weighted by atomic mass is 35.5. The molecule has 2 rings (SSSR count). The van der Waals surface area contributed by atoms with Crippen molar-refractivity contribution in [2.75, 3.05) is 0 Å². The molecule has 0 amide bonds. The number of halogens is 1. The number of non-ortho nitro benzene ring substituents is 1. The van der Waals surface area contributed by atoms with Crippen molar-refractivity contribution in [2.24, 2.45) is 0 Å². The van der Waals surface area contributed by atoms with Crippen molar-refractivity contribution in [3.05, 3.63) is 64.5 Å². The van der Waals surface area contributed by atoms with Crippen LogP contribution in [0.4, 0.5) is 5.69 Å². The lowest BCUT2D eigenvalue weighted by Crippen LogP contribution is -3.00. The van der Waals surface area contributed by atoms with E-state index in [0.29, 0.717) is 6.54 Å². The number of pyridine rings is 1. The average Bonchev–Trinajstić information content (AvgIpc) is 2.29. The standard InChI is InChI=1S/C12H10N2O3.ClH/c15-12-2-1-7-13(9-12)8-10-3-5-11(6-4-10)14(16)17;/h1-7,9H,8H2;1H. The summed E-state index contributed by atoms with van der Waals surface area (Å²) in [7, 11) is 0. The maximum atomic E-state index is 10.5. The Morgan fingerprint density at radius 3 is 2.44 bits per heavy atom. The number of benzene rings is 1. The minimum atomic E-state index is -0.425. The molecule has 0 bridgehead atoms. The first-order valence-corrected chi connectivity index (χ1v) is 5.06. The second kappa shape index (κ2) is 5.97. The molecule has 0 saturated heterocycles. The molecule has 0 spiro atoms. The Labute approximate surface area is 110 Å². The summed E-state index contributed by atoms with van der Waals surface area (Å²) in [4.78, 5) is 10.1. The summed E-state index contributed by atoms with van der Waals surface area (Å²) in [5.74, 6) is 0.189. The van der Waals surface area contributed by atoms with E-state index < -0.39 is 4.92 Å². The Hall–Kier alpha value is -2.14. The first-order valence-electron chi connectivity index (χ1n) is 5.06.